The van der Waals surface area contributed by atoms with E-state index in [0.717, 1.165) is 23.2 Å². The molecule has 0 spiro atoms. The van der Waals surface area contributed by atoms with Crippen LogP contribution in [0, 0.1) is 0 Å². The lowest BCUT2D eigenvalue weighted by Crippen LogP contribution is -2.41. The van der Waals surface area contributed by atoms with E-state index in [1.54, 1.807) is 11.4 Å². The maximum atomic E-state index is 13.2. The Bertz CT molecular complexity index is 1340. The number of rotatable bonds is 7. The topological polar surface area (TPSA) is 73.1 Å². The van der Waals surface area contributed by atoms with Gasteiger partial charge in [-0.25, -0.2) is 4.79 Å². The summed E-state index contributed by atoms with van der Waals surface area (Å²) >= 11 is 1.29. The van der Waals surface area contributed by atoms with E-state index < -0.39 is 5.69 Å². The minimum absolute atomic E-state index is 0.157. The normalized spacial score (nSPS) is 11.0. The number of aryl methyl sites for hydroxylation is 2. The first-order valence-electron chi connectivity index (χ1n) is 10.2. The number of thiophene rings is 1. The molecule has 7 heteroatoms. The van der Waals surface area contributed by atoms with Gasteiger partial charge >= 0.3 is 5.69 Å². The Hall–Kier alpha value is -3.45. The highest BCUT2D eigenvalue weighted by atomic mass is 32.1. The molecule has 0 radical (unpaired) electrons. The lowest BCUT2D eigenvalue weighted by Gasteiger charge is -2.13. The third-order valence-electron chi connectivity index (χ3n) is 5.28. The fourth-order valence-corrected chi connectivity index (χ4v) is 4.50. The predicted molar refractivity (Wildman–Crippen MR) is 125 cm³/mol. The lowest BCUT2D eigenvalue weighted by atomic mass is 10.1. The van der Waals surface area contributed by atoms with Gasteiger partial charge in [0.25, 0.3) is 5.56 Å². The van der Waals surface area contributed by atoms with Crippen LogP contribution in [0.5, 0.6) is 0 Å². The van der Waals surface area contributed by atoms with Crippen molar-refractivity contribution in [3.05, 3.63) is 98.0 Å². The Kier molecular flexibility index (Phi) is 6.13. The number of hydrogen-bond acceptors (Lipinski definition) is 4. The van der Waals surface area contributed by atoms with Gasteiger partial charge in [0, 0.05) is 12.2 Å². The van der Waals surface area contributed by atoms with Crippen molar-refractivity contribution in [2.45, 2.75) is 32.9 Å². The third-order valence-corrected chi connectivity index (χ3v) is 6.17. The molecule has 4 aromatic rings. The van der Waals surface area contributed by atoms with E-state index in [0.29, 0.717) is 16.6 Å². The smallest absolute Gasteiger partial charge is 0.324 e. The highest BCUT2D eigenvalue weighted by Crippen LogP contribution is 2.17. The molecular weight excluding hydrogens is 410 g/mol. The largest absolute Gasteiger partial charge is 0.332 e. The molecule has 0 bridgehead atoms. The minimum atomic E-state index is -0.467. The van der Waals surface area contributed by atoms with Crippen molar-refractivity contribution < 1.29 is 4.79 Å². The van der Waals surface area contributed by atoms with Crippen LogP contribution < -0.4 is 16.6 Å². The van der Waals surface area contributed by atoms with Crippen LogP contribution in [0.4, 0.5) is 5.69 Å². The summed E-state index contributed by atoms with van der Waals surface area (Å²) in [6.07, 6.45) is 1.35. The summed E-state index contributed by atoms with van der Waals surface area (Å²) in [5.41, 5.74) is 2.53. The van der Waals surface area contributed by atoms with E-state index in [9.17, 15) is 14.4 Å². The molecule has 0 saturated heterocycles. The maximum Gasteiger partial charge on any atom is 0.332 e. The zero-order chi connectivity index (χ0) is 21.8. The van der Waals surface area contributed by atoms with Crippen LogP contribution in [-0.2, 0) is 30.7 Å². The maximum absolute atomic E-state index is 13.2. The number of benzene rings is 2. The van der Waals surface area contributed by atoms with Gasteiger partial charge in [-0.1, -0.05) is 55.5 Å². The Morgan fingerprint density at radius 1 is 0.968 bits per heavy atom. The van der Waals surface area contributed by atoms with Crippen molar-refractivity contribution in [1.82, 2.24) is 9.13 Å². The number of hydrogen-bond donors (Lipinski definition) is 1. The molecule has 31 heavy (non-hydrogen) atoms. The minimum Gasteiger partial charge on any atom is -0.324 e. The van der Waals surface area contributed by atoms with Crippen LogP contribution in [0.3, 0.4) is 0 Å². The van der Waals surface area contributed by atoms with Crippen LogP contribution in [0.1, 0.15) is 18.1 Å². The fraction of sp³-hybridized carbons (Fsp3) is 0.208. The Morgan fingerprint density at radius 3 is 2.48 bits per heavy atom. The van der Waals surface area contributed by atoms with Crippen LogP contribution in [-0.4, -0.2) is 15.0 Å². The number of nitrogens with zero attached hydrogens (tertiary/aromatic N) is 2. The summed E-state index contributed by atoms with van der Waals surface area (Å²) in [7, 11) is 0. The van der Waals surface area contributed by atoms with Gasteiger partial charge in [0.15, 0.2) is 0 Å². The molecule has 4 rings (SSSR count). The molecule has 2 aromatic heterocycles. The molecule has 0 fully saturated rings. The van der Waals surface area contributed by atoms with E-state index in [4.69, 9.17) is 0 Å². The first-order chi connectivity index (χ1) is 15.1. The second kappa shape index (κ2) is 9.14. The quantitative estimate of drug-likeness (QED) is 0.483. The molecule has 0 aliphatic heterocycles. The van der Waals surface area contributed by atoms with Gasteiger partial charge in [-0.3, -0.25) is 18.7 Å². The number of nitrogens with one attached hydrogen (secondary N) is 1. The second-order valence-corrected chi connectivity index (χ2v) is 8.17. The molecule has 2 aromatic carbocycles. The number of para-hydroxylation sites is 1. The van der Waals surface area contributed by atoms with E-state index in [1.807, 2.05) is 61.5 Å². The molecular formula is C24H23N3O3S. The Labute approximate surface area is 183 Å². The number of carbonyl (C=O) groups excluding carboxylic acids is 1. The Balaban J connectivity index is 1.65. The van der Waals surface area contributed by atoms with Gasteiger partial charge in [0.1, 0.15) is 11.2 Å². The van der Waals surface area contributed by atoms with Crippen molar-refractivity contribution in [3.8, 4) is 0 Å². The van der Waals surface area contributed by atoms with Crippen LogP contribution in [0.25, 0.3) is 10.2 Å². The van der Waals surface area contributed by atoms with Crippen molar-refractivity contribution >= 4 is 33.1 Å². The SMILES string of the molecule is CCc1ccccc1NC(=O)Cn1c(=O)n(CCc2ccccc2)c(=O)c2sccc21. The zero-order valence-electron chi connectivity index (χ0n) is 17.2. The first-order valence-corrected chi connectivity index (χ1v) is 11.1. The van der Waals surface area contributed by atoms with E-state index in [2.05, 4.69) is 5.32 Å². The average Bonchev–Trinajstić information content (AvgIpc) is 3.28. The predicted octanol–water partition coefficient (Wildman–Crippen LogP) is 3.67. The summed E-state index contributed by atoms with van der Waals surface area (Å²) in [5, 5.41) is 4.67. The number of amides is 1. The van der Waals surface area contributed by atoms with Gasteiger partial charge in [-0.05, 0) is 41.5 Å². The highest BCUT2D eigenvalue weighted by Gasteiger charge is 2.17. The summed E-state index contributed by atoms with van der Waals surface area (Å²) in [6.45, 7) is 2.12. The van der Waals surface area contributed by atoms with Crippen LogP contribution in [0.2, 0.25) is 0 Å². The van der Waals surface area contributed by atoms with E-state index >= 15 is 0 Å². The van der Waals surface area contributed by atoms with Gasteiger partial charge in [0.05, 0.1) is 5.52 Å². The molecule has 0 unspecified atom stereocenters. The summed E-state index contributed by atoms with van der Waals surface area (Å²) in [6, 6.07) is 19.0. The Morgan fingerprint density at radius 2 is 1.71 bits per heavy atom. The third kappa shape index (κ3) is 4.36. The van der Waals surface area contributed by atoms with Crippen molar-refractivity contribution in [2.24, 2.45) is 0 Å². The van der Waals surface area contributed by atoms with Crippen LogP contribution >= 0.6 is 11.3 Å². The van der Waals surface area contributed by atoms with E-state index in [1.165, 1.54) is 20.5 Å². The molecule has 1 N–H and O–H groups in total. The van der Waals surface area contributed by atoms with Gasteiger partial charge in [-0.15, -0.1) is 11.3 Å². The van der Waals surface area contributed by atoms with Gasteiger partial charge < -0.3 is 5.32 Å². The lowest BCUT2D eigenvalue weighted by molar-refractivity contribution is -0.116. The van der Waals surface area contributed by atoms with Crippen molar-refractivity contribution in [3.63, 3.8) is 0 Å². The number of carbonyl (C=O) groups is 1. The van der Waals surface area contributed by atoms with Crippen LogP contribution in [0.15, 0.2) is 75.6 Å². The molecule has 158 valence electrons. The molecule has 0 aliphatic carbocycles. The zero-order valence-corrected chi connectivity index (χ0v) is 18.0. The molecule has 1 amide bonds. The van der Waals surface area contributed by atoms with Gasteiger partial charge in [-0.2, -0.15) is 0 Å². The van der Waals surface area contributed by atoms with Gasteiger partial charge in [0.2, 0.25) is 5.91 Å². The van der Waals surface area contributed by atoms with Crippen molar-refractivity contribution in [2.75, 3.05) is 5.32 Å². The highest BCUT2D eigenvalue weighted by molar-refractivity contribution is 7.17. The first kappa shape index (κ1) is 20.8. The molecule has 0 atom stereocenters. The average molecular weight is 434 g/mol. The summed E-state index contributed by atoms with van der Waals surface area (Å²) in [5.74, 6) is -0.302. The summed E-state index contributed by atoms with van der Waals surface area (Å²) in [4.78, 5) is 38.9. The van der Waals surface area contributed by atoms with E-state index in [-0.39, 0.29) is 24.6 Å². The second-order valence-electron chi connectivity index (χ2n) is 7.25. The monoisotopic (exact) mass is 433 g/mol. The molecule has 0 aliphatic rings. The summed E-state index contributed by atoms with van der Waals surface area (Å²) < 4.78 is 3.11. The number of aromatic nitrogens is 2. The fourth-order valence-electron chi connectivity index (χ4n) is 3.65. The molecule has 0 saturated carbocycles. The number of anilines is 1. The number of fused-ring (bicyclic) bond motifs is 1. The molecule has 6 nitrogen and oxygen atoms in total. The molecule has 2 heterocycles. The standard InChI is InChI=1S/C24H23N3O3S/c1-2-18-10-6-7-11-19(18)25-21(28)16-27-20-13-15-31-22(20)23(29)26(24(27)30)14-12-17-8-4-3-5-9-17/h3-11,13,15H,2,12,14,16H2,1H3,(H,25,28). The van der Waals surface area contributed by atoms with Crippen molar-refractivity contribution in [1.29, 1.82) is 0 Å².